The van der Waals surface area contributed by atoms with Crippen molar-refractivity contribution in [3.05, 3.63) is 101 Å². The van der Waals surface area contributed by atoms with E-state index in [0.29, 0.717) is 39.1 Å². The van der Waals surface area contributed by atoms with Crippen molar-refractivity contribution in [2.45, 2.75) is 13.0 Å². The Morgan fingerprint density at radius 3 is 2.68 bits per heavy atom. The molecule has 2 aromatic carbocycles. The van der Waals surface area contributed by atoms with Crippen molar-refractivity contribution < 1.29 is 9.53 Å². The van der Waals surface area contributed by atoms with E-state index in [-0.39, 0.29) is 5.91 Å². The first-order chi connectivity index (χ1) is 16.6. The first-order valence-corrected chi connectivity index (χ1v) is 11.0. The van der Waals surface area contributed by atoms with Gasteiger partial charge in [-0.2, -0.15) is 5.10 Å². The van der Waals surface area contributed by atoms with E-state index < -0.39 is 6.10 Å². The van der Waals surface area contributed by atoms with Gasteiger partial charge in [0.15, 0.2) is 0 Å². The van der Waals surface area contributed by atoms with Crippen LogP contribution < -0.4 is 10.1 Å². The molecule has 34 heavy (non-hydrogen) atoms. The fourth-order valence-corrected chi connectivity index (χ4v) is 4.03. The third-order valence-electron chi connectivity index (χ3n) is 5.36. The summed E-state index contributed by atoms with van der Waals surface area (Å²) in [6.45, 7) is 1.85. The number of aromatic nitrogens is 4. The number of benzene rings is 2. The molecule has 0 aliphatic rings. The van der Waals surface area contributed by atoms with E-state index in [4.69, 9.17) is 16.3 Å². The summed E-state index contributed by atoms with van der Waals surface area (Å²) in [6.07, 6.45) is 2.82. The van der Waals surface area contributed by atoms with Gasteiger partial charge >= 0.3 is 0 Å². The molecule has 7 nitrogen and oxygen atoms in total. The summed E-state index contributed by atoms with van der Waals surface area (Å²) >= 11 is 6.40. The van der Waals surface area contributed by atoms with E-state index in [1.54, 1.807) is 30.6 Å². The number of carbonyl (C=O) groups is 1. The average Bonchev–Trinajstić information content (AvgIpc) is 3.26. The van der Waals surface area contributed by atoms with Crippen molar-refractivity contribution in [2.24, 2.45) is 0 Å². The molecule has 0 aliphatic carbocycles. The van der Waals surface area contributed by atoms with Crippen molar-refractivity contribution in [3.63, 3.8) is 0 Å². The molecule has 0 bridgehead atoms. The SMILES string of the molecule is CC(Oc1ccccc1C(=O)Nc1cnc2ccccc2c1)c1c(-c2ccccn2)n[nH]c1Cl. The molecule has 0 fully saturated rings. The van der Waals surface area contributed by atoms with Gasteiger partial charge < -0.3 is 10.1 Å². The van der Waals surface area contributed by atoms with Gasteiger partial charge in [0.1, 0.15) is 22.7 Å². The van der Waals surface area contributed by atoms with Crippen molar-refractivity contribution >= 4 is 34.1 Å². The van der Waals surface area contributed by atoms with E-state index >= 15 is 0 Å². The molecule has 5 aromatic rings. The maximum Gasteiger partial charge on any atom is 0.259 e. The second-order valence-corrected chi connectivity index (χ2v) is 8.02. The number of carbonyl (C=O) groups excluding carboxylic acids is 1. The number of para-hydroxylation sites is 2. The van der Waals surface area contributed by atoms with Crippen LogP contribution in [0.15, 0.2) is 85.2 Å². The number of rotatable bonds is 6. The molecule has 3 heterocycles. The molecule has 1 amide bonds. The quantitative estimate of drug-likeness (QED) is 0.315. The molecule has 8 heteroatoms. The van der Waals surface area contributed by atoms with Crippen LogP contribution in [0.3, 0.4) is 0 Å². The van der Waals surface area contributed by atoms with Crippen molar-refractivity contribution in [3.8, 4) is 17.1 Å². The largest absolute Gasteiger partial charge is 0.485 e. The standard InChI is InChI=1S/C26H20ClN5O2/c1-16(23-24(31-32-25(23)27)21-11-6-7-13-28-21)34-22-12-5-3-9-19(22)26(33)30-18-14-17-8-2-4-10-20(17)29-15-18/h2-16H,1H3,(H,30,33)(H,31,32). The molecule has 0 radical (unpaired) electrons. The molecular weight excluding hydrogens is 450 g/mol. The Morgan fingerprint density at radius 2 is 1.82 bits per heavy atom. The fraction of sp³-hybridized carbons (Fsp3) is 0.0769. The number of nitrogens with zero attached hydrogens (tertiary/aromatic N) is 3. The number of pyridine rings is 2. The molecule has 1 atom stereocenters. The van der Waals surface area contributed by atoms with Gasteiger partial charge in [0.05, 0.1) is 34.2 Å². The van der Waals surface area contributed by atoms with Gasteiger partial charge in [0, 0.05) is 11.6 Å². The Hall–Kier alpha value is -4.23. The van der Waals surface area contributed by atoms with Crippen LogP contribution in [-0.2, 0) is 0 Å². The van der Waals surface area contributed by atoms with Gasteiger partial charge in [-0.15, -0.1) is 0 Å². The highest BCUT2D eigenvalue weighted by Crippen LogP contribution is 2.34. The number of fused-ring (bicyclic) bond motifs is 1. The topological polar surface area (TPSA) is 92.8 Å². The minimum atomic E-state index is -0.500. The summed E-state index contributed by atoms with van der Waals surface area (Å²) in [7, 11) is 0. The molecular formula is C26H20ClN5O2. The van der Waals surface area contributed by atoms with E-state index in [0.717, 1.165) is 10.9 Å². The smallest absolute Gasteiger partial charge is 0.259 e. The number of aromatic amines is 1. The lowest BCUT2D eigenvalue weighted by Crippen LogP contribution is -2.15. The van der Waals surface area contributed by atoms with Crippen LogP contribution in [0, 0.1) is 0 Å². The number of ether oxygens (including phenoxy) is 1. The lowest BCUT2D eigenvalue weighted by atomic mass is 10.1. The van der Waals surface area contributed by atoms with E-state index in [2.05, 4.69) is 25.5 Å². The minimum Gasteiger partial charge on any atom is -0.485 e. The number of hydrogen-bond donors (Lipinski definition) is 2. The summed E-state index contributed by atoms with van der Waals surface area (Å²) < 4.78 is 6.21. The average molecular weight is 470 g/mol. The van der Waals surface area contributed by atoms with E-state index in [1.807, 2.05) is 61.5 Å². The van der Waals surface area contributed by atoms with Gasteiger partial charge in [0.2, 0.25) is 0 Å². The Morgan fingerprint density at radius 1 is 1.03 bits per heavy atom. The van der Waals surface area contributed by atoms with Crippen molar-refractivity contribution in [2.75, 3.05) is 5.32 Å². The zero-order valence-corrected chi connectivity index (χ0v) is 19.0. The molecule has 0 aliphatic heterocycles. The normalized spacial score (nSPS) is 11.8. The van der Waals surface area contributed by atoms with Gasteiger partial charge in [-0.3, -0.25) is 19.9 Å². The van der Waals surface area contributed by atoms with Crippen molar-refractivity contribution in [1.82, 2.24) is 20.2 Å². The van der Waals surface area contributed by atoms with Gasteiger partial charge in [-0.25, -0.2) is 0 Å². The number of anilines is 1. The third kappa shape index (κ3) is 4.33. The number of H-pyrrole nitrogens is 1. The number of halogens is 1. The van der Waals surface area contributed by atoms with E-state index in [1.165, 1.54) is 0 Å². The second-order valence-electron chi connectivity index (χ2n) is 7.64. The predicted molar refractivity (Wildman–Crippen MR) is 132 cm³/mol. The van der Waals surface area contributed by atoms with Crippen LogP contribution >= 0.6 is 11.6 Å². The summed E-state index contributed by atoms with van der Waals surface area (Å²) in [5.74, 6) is 0.119. The lowest BCUT2D eigenvalue weighted by Gasteiger charge is -2.18. The number of hydrogen-bond acceptors (Lipinski definition) is 5. The zero-order valence-electron chi connectivity index (χ0n) is 18.2. The zero-order chi connectivity index (χ0) is 23.5. The Labute approximate surface area is 200 Å². The molecule has 3 aromatic heterocycles. The third-order valence-corrected chi connectivity index (χ3v) is 5.64. The highest BCUT2D eigenvalue weighted by atomic mass is 35.5. The summed E-state index contributed by atoms with van der Waals surface area (Å²) in [6, 6.07) is 22.2. The van der Waals surface area contributed by atoms with Crippen LogP contribution in [0.5, 0.6) is 5.75 Å². The molecule has 0 saturated heterocycles. The number of nitrogens with one attached hydrogen (secondary N) is 2. The van der Waals surface area contributed by atoms with Crippen LogP contribution in [0.25, 0.3) is 22.3 Å². The van der Waals surface area contributed by atoms with Crippen LogP contribution in [0.1, 0.15) is 28.9 Å². The maximum absolute atomic E-state index is 13.1. The van der Waals surface area contributed by atoms with Crippen molar-refractivity contribution in [1.29, 1.82) is 0 Å². The first-order valence-electron chi connectivity index (χ1n) is 10.7. The molecule has 0 saturated carbocycles. The lowest BCUT2D eigenvalue weighted by molar-refractivity contribution is 0.102. The van der Waals surface area contributed by atoms with Crippen LogP contribution in [0.2, 0.25) is 5.15 Å². The highest BCUT2D eigenvalue weighted by Gasteiger charge is 2.23. The summed E-state index contributed by atoms with van der Waals surface area (Å²) in [4.78, 5) is 21.9. The monoisotopic (exact) mass is 469 g/mol. The number of amides is 1. The fourth-order valence-electron chi connectivity index (χ4n) is 3.74. The Balaban J connectivity index is 1.40. The van der Waals surface area contributed by atoms with Crippen LogP contribution in [-0.4, -0.2) is 26.1 Å². The van der Waals surface area contributed by atoms with Gasteiger partial charge in [0.25, 0.3) is 5.91 Å². The first kappa shape index (κ1) is 21.6. The summed E-state index contributed by atoms with van der Waals surface area (Å²) in [5, 5.41) is 11.3. The van der Waals surface area contributed by atoms with Gasteiger partial charge in [-0.05, 0) is 43.3 Å². The summed E-state index contributed by atoms with van der Waals surface area (Å²) in [5.41, 5.74) is 3.78. The molecule has 1 unspecified atom stereocenters. The molecule has 0 spiro atoms. The molecule has 5 rings (SSSR count). The maximum atomic E-state index is 13.1. The molecule has 2 N–H and O–H groups in total. The van der Waals surface area contributed by atoms with E-state index in [9.17, 15) is 4.79 Å². The minimum absolute atomic E-state index is 0.303. The Kier molecular flexibility index (Phi) is 5.93. The van der Waals surface area contributed by atoms with Crippen LogP contribution in [0.4, 0.5) is 5.69 Å². The van der Waals surface area contributed by atoms with Gasteiger partial charge in [-0.1, -0.05) is 48.0 Å². The highest BCUT2D eigenvalue weighted by molar-refractivity contribution is 6.30. The molecule has 168 valence electrons. The second kappa shape index (κ2) is 9.33. The predicted octanol–water partition coefficient (Wildman–Crippen LogP) is 6.07. The Bertz CT molecular complexity index is 1470.